The zero-order valence-corrected chi connectivity index (χ0v) is 26.3. The molecule has 0 radical (unpaired) electrons. The van der Waals surface area contributed by atoms with Gasteiger partial charge in [-0.25, -0.2) is 0 Å². The molecule has 0 saturated carbocycles. The Labute approximate surface area is 248 Å². The molecule has 0 aliphatic heterocycles. The first kappa shape index (κ1) is 29.6. The summed E-state index contributed by atoms with van der Waals surface area (Å²) in [6.07, 6.45) is 0. The minimum Gasteiger partial charge on any atom is -0.495 e. The van der Waals surface area contributed by atoms with Crippen LogP contribution in [0.5, 0.6) is 11.5 Å². The number of benzene rings is 5. The quantitative estimate of drug-likeness (QED) is 0.165. The van der Waals surface area contributed by atoms with E-state index >= 15 is 0 Å². The summed E-state index contributed by atoms with van der Waals surface area (Å²) in [5, 5.41) is 3.21. The Kier molecular flexibility index (Phi) is 7.36. The predicted octanol–water partition coefficient (Wildman–Crippen LogP) is 9.19. The Bertz CT molecular complexity index is 1920. The number of hydrogen-bond donors (Lipinski definition) is 1. The van der Waals surface area contributed by atoms with E-state index in [1.807, 2.05) is 63.2 Å². The molecule has 42 heavy (non-hydrogen) atoms. The zero-order valence-electron chi connectivity index (χ0n) is 25.5. The van der Waals surface area contributed by atoms with Crippen molar-refractivity contribution in [3.8, 4) is 33.8 Å². The van der Waals surface area contributed by atoms with E-state index in [4.69, 9.17) is 9.47 Å². The molecule has 0 atom stereocenters. The van der Waals surface area contributed by atoms with E-state index in [1.54, 1.807) is 26.4 Å². The van der Waals surface area contributed by atoms with Gasteiger partial charge in [-0.05, 0) is 45.2 Å². The van der Waals surface area contributed by atoms with Gasteiger partial charge in [0.1, 0.15) is 16.4 Å². The molecule has 0 bridgehead atoms. The van der Waals surface area contributed by atoms with Crippen LogP contribution in [-0.4, -0.2) is 27.2 Å². The van der Waals surface area contributed by atoms with Gasteiger partial charge < -0.3 is 9.47 Å². The van der Waals surface area contributed by atoms with Crippen LogP contribution >= 0.6 is 0 Å². The second-order valence-corrected chi connectivity index (χ2v) is 14.2. The van der Waals surface area contributed by atoms with Gasteiger partial charge in [0.2, 0.25) is 0 Å². The Hall–Kier alpha value is -3.87. The summed E-state index contributed by atoms with van der Waals surface area (Å²) in [5.74, 6) is 1.27. The third-order valence-corrected chi connectivity index (χ3v) is 8.85. The first-order chi connectivity index (χ1) is 19.7. The Morgan fingerprint density at radius 3 is 1.67 bits per heavy atom. The molecule has 5 aromatic rings. The summed E-state index contributed by atoms with van der Waals surface area (Å²) in [7, 11) is -1.36. The highest BCUT2D eigenvalue weighted by atomic mass is 32.2. The molecule has 5 rings (SSSR count). The van der Waals surface area contributed by atoms with Gasteiger partial charge in [-0.15, -0.1) is 0 Å². The maximum absolute atomic E-state index is 13.0. The predicted molar refractivity (Wildman–Crippen MR) is 173 cm³/mol. The minimum absolute atomic E-state index is 0.0266. The Morgan fingerprint density at radius 1 is 0.619 bits per heavy atom. The van der Waals surface area contributed by atoms with Gasteiger partial charge in [-0.1, -0.05) is 108 Å². The largest absolute Gasteiger partial charge is 0.495 e. The van der Waals surface area contributed by atoms with Crippen LogP contribution in [0.3, 0.4) is 0 Å². The minimum atomic E-state index is -4.61. The standard InChI is InChI=1S/C36H38O5S/c1-35(2,3)23-15-13-22(14-16-23)25-19-20-29-32(34(41-8)27-12-10-9-11-26(27)33(29)40-7)31(25)28-18-17-24(36(4,5)6)21-30(28)42(37,38)39/h9-21H,1-8H3,(H,37,38,39). The summed E-state index contributed by atoms with van der Waals surface area (Å²) in [4.78, 5) is -0.149. The first-order valence-electron chi connectivity index (χ1n) is 14.0. The van der Waals surface area contributed by atoms with Gasteiger partial charge in [0, 0.05) is 32.7 Å². The van der Waals surface area contributed by atoms with Crippen molar-refractivity contribution in [3.05, 3.63) is 90.0 Å². The van der Waals surface area contributed by atoms with E-state index in [9.17, 15) is 13.0 Å². The van der Waals surface area contributed by atoms with Crippen molar-refractivity contribution in [1.29, 1.82) is 0 Å². The second kappa shape index (κ2) is 10.4. The average Bonchev–Trinajstić information content (AvgIpc) is 2.93. The van der Waals surface area contributed by atoms with E-state index in [0.29, 0.717) is 28.0 Å². The van der Waals surface area contributed by atoms with E-state index < -0.39 is 10.1 Å². The van der Waals surface area contributed by atoms with E-state index in [-0.39, 0.29) is 15.7 Å². The molecule has 0 aromatic heterocycles. The molecule has 5 aromatic carbocycles. The molecule has 0 fully saturated rings. The van der Waals surface area contributed by atoms with Gasteiger partial charge in [0.25, 0.3) is 10.1 Å². The summed E-state index contributed by atoms with van der Waals surface area (Å²) in [6.45, 7) is 12.5. The SMILES string of the molecule is COc1c2ccccc2c(OC)c2c(-c3ccc(C(C)(C)C)cc3S(=O)(=O)O)c(-c3ccc(C(C)(C)C)cc3)ccc12. The number of ether oxygens (including phenoxy) is 2. The van der Waals surface area contributed by atoms with Crippen LogP contribution in [0.15, 0.2) is 83.8 Å². The summed E-state index contributed by atoms with van der Waals surface area (Å²) >= 11 is 0. The highest BCUT2D eigenvalue weighted by Gasteiger charge is 2.28. The van der Waals surface area contributed by atoms with E-state index in [1.165, 1.54) is 5.56 Å². The fraction of sp³-hybridized carbons (Fsp3) is 0.278. The highest BCUT2D eigenvalue weighted by Crippen LogP contribution is 2.50. The zero-order chi connectivity index (χ0) is 30.6. The van der Waals surface area contributed by atoms with Crippen molar-refractivity contribution < 1.29 is 22.4 Å². The molecule has 218 valence electrons. The molecular weight excluding hydrogens is 544 g/mol. The molecule has 6 heteroatoms. The van der Waals surface area contributed by atoms with Crippen LogP contribution in [0.25, 0.3) is 43.8 Å². The Balaban J connectivity index is 2.02. The molecule has 0 amide bonds. The second-order valence-electron chi connectivity index (χ2n) is 12.8. The van der Waals surface area contributed by atoms with Gasteiger partial charge >= 0.3 is 0 Å². The summed E-state index contributed by atoms with van der Waals surface area (Å²) in [5.41, 5.74) is 4.38. The summed E-state index contributed by atoms with van der Waals surface area (Å²) < 4.78 is 48.7. The van der Waals surface area contributed by atoms with Crippen LogP contribution in [-0.2, 0) is 20.9 Å². The Morgan fingerprint density at radius 2 is 1.14 bits per heavy atom. The fourth-order valence-corrected chi connectivity index (χ4v) is 6.42. The van der Waals surface area contributed by atoms with Crippen molar-refractivity contribution in [2.45, 2.75) is 57.3 Å². The van der Waals surface area contributed by atoms with Crippen molar-refractivity contribution in [2.75, 3.05) is 14.2 Å². The van der Waals surface area contributed by atoms with Crippen LogP contribution in [0, 0.1) is 0 Å². The third-order valence-electron chi connectivity index (χ3n) is 7.96. The van der Waals surface area contributed by atoms with Crippen LogP contribution in [0.2, 0.25) is 0 Å². The molecule has 0 spiro atoms. The third kappa shape index (κ3) is 5.14. The first-order valence-corrected chi connectivity index (χ1v) is 15.4. The molecule has 1 N–H and O–H groups in total. The van der Waals surface area contributed by atoms with E-state index in [2.05, 4.69) is 45.0 Å². The molecule has 0 heterocycles. The molecule has 0 saturated heterocycles. The van der Waals surface area contributed by atoms with Crippen molar-refractivity contribution in [3.63, 3.8) is 0 Å². The molecule has 5 nitrogen and oxygen atoms in total. The monoisotopic (exact) mass is 582 g/mol. The van der Waals surface area contributed by atoms with Crippen molar-refractivity contribution in [2.24, 2.45) is 0 Å². The van der Waals surface area contributed by atoms with Crippen molar-refractivity contribution in [1.82, 2.24) is 0 Å². The van der Waals surface area contributed by atoms with Gasteiger partial charge in [0.15, 0.2) is 0 Å². The van der Waals surface area contributed by atoms with Crippen LogP contribution in [0.4, 0.5) is 0 Å². The van der Waals surface area contributed by atoms with E-state index in [0.717, 1.165) is 32.8 Å². The van der Waals surface area contributed by atoms with Gasteiger partial charge in [-0.3, -0.25) is 4.55 Å². The van der Waals surface area contributed by atoms with Crippen LogP contribution in [0.1, 0.15) is 52.7 Å². The molecular formula is C36H38O5S. The number of methoxy groups -OCH3 is 2. The lowest BCUT2D eigenvalue weighted by Gasteiger charge is -2.24. The van der Waals surface area contributed by atoms with Crippen LogP contribution < -0.4 is 9.47 Å². The maximum atomic E-state index is 13.0. The lowest BCUT2D eigenvalue weighted by molar-refractivity contribution is 0.417. The lowest BCUT2D eigenvalue weighted by Crippen LogP contribution is -2.13. The normalized spacial score (nSPS) is 12.6. The number of rotatable bonds is 5. The summed E-state index contributed by atoms with van der Waals surface area (Å²) in [6, 6.07) is 25.5. The molecule has 0 unspecified atom stereocenters. The lowest BCUT2D eigenvalue weighted by atomic mass is 9.83. The topological polar surface area (TPSA) is 72.8 Å². The molecule has 0 aliphatic rings. The van der Waals surface area contributed by atoms with Gasteiger partial charge in [-0.2, -0.15) is 8.42 Å². The highest BCUT2D eigenvalue weighted by molar-refractivity contribution is 7.86. The van der Waals surface area contributed by atoms with Crippen molar-refractivity contribution >= 4 is 31.7 Å². The maximum Gasteiger partial charge on any atom is 0.295 e. The fourth-order valence-electron chi connectivity index (χ4n) is 5.70. The average molecular weight is 583 g/mol. The number of hydrogen-bond acceptors (Lipinski definition) is 4. The smallest absolute Gasteiger partial charge is 0.295 e. The molecule has 0 aliphatic carbocycles. The number of fused-ring (bicyclic) bond motifs is 2. The van der Waals surface area contributed by atoms with Gasteiger partial charge in [0.05, 0.1) is 14.2 Å².